The van der Waals surface area contributed by atoms with Gasteiger partial charge >= 0.3 is 17.9 Å². The molecule has 5 aliphatic rings. The number of esters is 1. The lowest BCUT2D eigenvalue weighted by Gasteiger charge is -2.72. The van der Waals surface area contributed by atoms with Crippen LogP contribution in [0.4, 0.5) is 0 Å². The van der Waals surface area contributed by atoms with E-state index >= 15 is 0 Å². The van der Waals surface area contributed by atoms with E-state index in [1.807, 2.05) is 13.8 Å². The van der Waals surface area contributed by atoms with Crippen LogP contribution in [0, 0.1) is 68.0 Å². The van der Waals surface area contributed by atoms with Crippen LogP contribution in [0.25, 0.3) is 0 Å². The molecule has 5 rings (SSSR count). The monoisotopic (exact) mass is 839 g/mol. The average molecular weight is 839 g/mol. The number of rotatable bonds is 18. The van der Waals surface area contributed by atoms with E-state index in [-0.39, 0.29) is 63.2 Å². The first kappa shape index (κ1) is 48.1. The molecule has 60 heavy (non-hydrogen) atoms. The lowest BCUT2D eigenvalue weighted by molar-refractivity contribution is -0.249. The van der Waals surface area contributed by atoms with E-state index in [1.54, 1.807) is 13.8 Å². The van der Waals surface area contributed by atoms with Crippen LogP contribution in [0.1, 0.15) is 185 Å². The third kappa shape index (κ3) is 8.96. The number of amides is 2. The molecule has 340 valence electrons. The number of carboxylic acid groups (broad SMARTS) is 2. The second kappa shape index (κ2) is 18.1. The molecule has 0 heterocycles. The molecule has 5 fully saturated rings. The summed E-state index contributed by atoms with van der Waals surface area (Å²) in [5, 5.41) is 25.2. The minimum atomic E-state index is -1.17. The number of ether oxygens (including phenoxy) is 1. The molecule has 0 bridgehead atoms. The van der Waals surface area contributed by atoms with Crippen molar-refractivity contribution < 1.29 is 38.9 Å². The Morgan fingerprint density at radius 1 is 0.800 bits per heavy atom. The Balaban J connectivity index is 1.20. The van der Waals surface area contributed by atoms with Crippen molar-refractivity contribution in [3.05, 3.63) is 12.2 Å². The van der Waals surface area contributed by atoms with Gasteiger partial charge in [-0.25, -0.2) is 4.79 Å². The third-order valence-corrected chi connectivity index (χ3v) is 18.1. The molecule has 0 radical (unpaired) electrons. The molecule has 4 N–H and O–H groups in total. The Bertz CT molecular complexity index is 1640. The fourth-order valence-corrected chi connectivity index (χ4v) is 14.6. The van der Waals surface area contributed by atoms with Crippen molar-refractivity contribution in [3.63, 3.8) is 0 Å². The van der Waals surface area contributed by atoms with Crippen molar-refractivity contribution in [2.75, 3.05) is 6.54 Å². The number of aliphatic carboxylic acids is 2. The number of hydrogen-bond donors (Lipinski definition) is 4. The predicted molar refractivity (Wildman–Crippen MR) is 235 cm³/mol. The topological polar surface area (TPSA) is 159 Å². The summed E-state index contributed by atoms with van der Waals surface area (Å²) in [5.74, 6) is -0.177. The molecule has 5 aliphatic carbocycles. The van der Waals surface area contributed by atoms with Gasteiger partial charge < -0.3 is 25.6 Å². The average Bonchev–Trinajstić information content (AvgIpc) is 3.55. The van der Waals surface area contributed by atoms with Gasteiger partial charge in [0.2, 0.25) is 11.8 Å². The van der Waals surface area contributed by atoms with Crippen LogP contribution in [0.5, 0.6) is 0 Å². The maximum atomic E-state index is 14.6. The first-order valence-electron chi connectivity index (χ1n) is 23.8. The van der Waals surface area contributed by atoms with E-state index in [0.717, 1.165) is 96.3 Å². The quantitative estimate of drug-likeness (QED) is 0.0603. The molecule has 0 aromatic rings. The van der Waals surface area contributed by atoms with E-state index < -0.39 is 29.4 Å². The minimum absolute atomic E-state index is 0.0894. The number of hydrogen-bond acceptors (Lipinski definition) is 6. The smallest absolute Gasteiger partial charge is 0.326 e. The number of fused-ring (bicyclic) bond motifs is 7. The van der Waals surface area contributed by atoms with E-state index in [0.29, 0.717) is 43.1 Å². The van der Waals surface area contributed by atoms with Crippen LogP contribution in [0.15, 0.2) is 12.2 Å². The molecule has 2 amide bonds. The van der Waals surface area contributed by atoms with Gasteiger partial charge in [0.15, 0.2) is 0 Å². The van der Waals surface area contributed by atoms with Crippen LogP contribution in [0.3, 0.4) is 0 Å². The summed E-state index contributed by atoms with van der Waals surface area (Å²) in [6.07, 6.45) is 15.0. The van der Waals surface area contributed by atoms with E-state index in [4.69, 9.17) is 4.74 Å². The van der Waals surface area contributed by atoms with E-state index in [1.165, 1.54) is 5.57 Å². The fraction of sp³-hybridized carbons (Fsp3) is 0.860. The van der Waals surface area contributed by atoms with Gasteiger partial charge in [-0.05, 0) is 156 Å². The maximum Gasteiger partial charge on any atom is 0.326 e. The SMILES string of the molecule is C=C(C)[C@@H]1CCC2(C(=O)NCCCCCCCC(=O)NC(CC(C)C)C(=O)O)CC[C@]3(C)[C@H](CCC4[C@@]5(C)CC[C@H](OC(=O)CC(C)(C)C(=O)O)C(C)(C)[C@@H]5CC[C@]43C)[C@@H]12. The predicted octanol–water partition coefficient (Wildman–Crippen LogP) is 10.1. The number of carboxylic acids is 2. The van der Waals surface area contributed by atoms with E-state index in [9.17, 15) is 34.2 Å². The van der Waals surface area contributed by atoms with Gasteiger partial charge in [-0.15, -0.1) is 0 Å². The first-order chi connectivity index (χ1) is 27.9. The highest BCUT2D eigenvalue weighted by Crippen LogP contribution is 2.77. The Morgan fingerprint density at radius 2 is 1.47 bits per heavy atom. The zero-order valence-electron chi connectivity index (χ0n) is 39.1. The molecule has 0 spiro atoms. The van der Waals surface area contributed by atoms with Crippen molar-refractivity contribution in [1.29, 1.82) is 0 Å². The zero-order chi connectivity index (χ0) is 44.6. The van der Waals surface area contributed by atoms with Gasteiger partial charge in [0, 0.05) is 18.4 Å². The summed E-state index contributed by atoms with van der Waals surface area (Å²) in [6, 6.07) is -0.835. The lowest BCUT2D eigenvalue weighted by atomic mass is 9.32. The maximum absolute atomic E-state index is 14.6. The Hall–Kier alpha value is -2.91. The molecule has 3 unspecified atom stereocenters. The summed E-state index contributed by atoms with van der Waals surface area (Å²) in [7, 11) is 0. The van der Waals surface area contributed by atoms with Crippen LogP contribution >= 0.6 is 0 Å². The number of allylic oxidation sites excluding steroid dienone is 1. The van der Waals surface area contributed by atoms with Crippen molar-refractivity contribution in [2.45, 2.75) is 197 Å². The standard InChI is InChI=1S/C50H82N2O8/c1-31(2)29-35(42(55)56)52-39(53)17-15-13-12-14-16-28-51-43(57)50-25-20-33(32(3)4)41(50)34-18-19-37-47(9)23-22-38(60-40(54)30-45(5,6)44(58)59)46(7,8)36(47)21-24-49(37,11)48(34,10)26-27-50/h31,33-38,41H,3,12-30H2,1-2,4-11H3,(H,51,57)(H,52,53)(H,55,56)(H,58,59)/t33-,34+,35?,36-,37?,38-,41+,47-,48+,49+,50?/m0/s1. The van der Waals surface area contributed by atoms with E-state index in [2.05, 4.69) is 58.8 Å². The summed E-state index contributed by atoms with van der Waals surface area (Å²) in [6.45, 7) is 26.7. The number of nitrogens with one attached hydrogen (secondary N) is 2. The molecule has 5 saturated carbocycles. The number of carbonyl (C=O) groups excluding carboxylic acids is 3. The molecule has 0 aromatic carbocycles. The molecule has 10 nitrogen and oxygen atoms in total. The van der Waals surface area contributed by atoms with Crippen molar-refractivity contribution >= 4 is 29.7 Å². The van der Waals surface area contributed by atoms with Gasteiger partial charge in [0.25, 0.3) is 0 Å². The number of unbranched alkanes of at least 4 members (excludes halogenated alkanes) is 4. The highest BCUT2D eigenvalue weighted by Gasteiger charge is 2.72. The molecule has 10 heteroatoms. The first-order valence-corrected chi connectivity index (χ1v) is 23.8. The largest absolute Gasteiger partial charge is 0.481 e. The third-order valence-electron chi connectivity index (χ3n) is 18.1. The molecular formula is C50H82N2O8. The summed E-state index contributed by atoms with van der Waals surface area (Å²) in [5.41, 5.74) is -0.255. The molecule has 0 saturated heterocycles. The molecular weight excluding hydrogens is 757 g/mol. The summed E-state index contributed by atoms with van der Waals surface area (Å²) >= 11 is 0. The molecule has 0 aromatic heterocycles. The number of carbonyl (C=O) groups is 5. The van der Waals surface area contributed by atoms with Gasteiger partial charge in [-0.1, -0.05) is 79.9 Å². The zero-order valence-corrected chi connectivity index (χ0v) is 39.1. The Morgan fingerprint density at radius 3 is 2.10 bits per heavy atom. The van der Waals surface area contributed by atoms with Gasteiger partial charge in [-0.3, -0.25) is 19.2 Å². The van der Waals surface area contributed by atoms with Gasteiger partial charge in [-0.2, -0.15) is 0 Å². The van der Waals surface area contributed by atoms with Crippen LogP contribution in [-0.2, 0) is 28.7 Å². The van der Waals surface area contributed by atoms with Gasteiger partial charge in [0.05, 0.1) is 17.3 Å². The van der Waals surface area contributed by atoms with Crippen molar-refractivity contribution in [2.24, 2.45) is 68.0 Å². The van der Waals surface area contributed by atoms with Crippen LogP contribution < -0.4 is 10.6 Å². The Kier molecular flexibility index (Phi) is 14.5. The fourth-order valence-electron chi connectivity index (χ4n) is 14.6. The van der Waals surface area contributed by atoms with Crippen molar-refractivity contribution in [1.82, 2.24) is 10.6 Å². The van der Waals surface area contributed by atoms with Crippen LogP contribution in [0.2, 0.25) is 0 Å². The van der Waals surface area contributed by atoms with Gasteiger partial charge in [0.1, 0.15) is 12.1 Å². The second-order valence-electron chi connectivity index (χ2n) is 22.9. The molecule has 0 aliphatic heterocycles. The Labute approximate surface area is 362 Å². The van der Waals surface area contributed by atoms with Crippen LogP contribution in [-0.4, -0.2) is 58.6 Å². The highest BCUT2D eigenvalue weighted by atomic mass is 16.5. The summed E-state index contributed by atoms with van der Waals surface area (Å²) < 4.78 is 6.18. The second-order valence-corrected chi connectivity index (χ2v) is 22.9. The van der Waals surface area contributed by atoms with Crippen molar-refractivity contribution in [3.8, 4) is 0 Å². The highest BCUT2D eigenvalue weighted by molar-refractivity contribution is 5.84. The molecule has 11 atom stereocenters. The lowest BCUT2D eigenvalue weighted by Crippen LogP contribution is -2.67. The normalized spacial score (nSPS) is 36.1. The summed E-state index contributed by atoms with van der Waals surface area (Å²) in [4.78, 5) is 63.3. The minimum Gasteiger partial charge on any atom is -0.481 e.